The Morgan fingerprint density at radius 3 is 2.86 bits per heavy atom. The molecular formula is C21H25ClN4OS. The van der Waals surface area contributed by atoms with E-state index in [1.165, 1.54) is 0 Å². The van der Waals surface area contributed by atoms with E-state index in [1.54, 1.807) is 11.8 Å². The van der Waals surface area contributed by atoms with Gasteiger partial charge in [-0.1, -0.05) is 68.8 Å². The largest absolute Gasteiger partial charge is 0.328 e. The Bertz CT molecular complexity index is 950. The molecule has 1 aliphatic carbocycles. The van der Waals surface area contributed by atoms with Gasteiger partial charge in [0.2, 0.25) is 11.1 Å². The lowest BCUT2D eigenvalue weighted by atomic mass is 9.73. The van der Waals surface area contributed by atoms with Crippen molar-refractivity contribution in [3.05, 3.63) is 46.1 Å². The fraction of sp³-hybridized carbons (Fsp3) is 0.476. The summed E-state index contributed by atoms with van der Waals surface area (Å²) in [5.74, 6) is 1.83. The fourth-order valence-electron chi connectivity index (χ4n) is 3.94. The van der Waals surface area contributed by atoms with E-state index in [0.29, 0.717) is 17.4 Å². The van der Waals surface area contributed by atoms with Gasteiger partial charge < -0.3 is 5.32 Å². The average molecular weight is 417 g/mol. The van der Waals surface area contributed by atoms with Gasteiger partial charge in [-0.25, -0.2) is 4.68 Å². The molecule has 1 aromatic heterocycles. The number of aromatic nitrogens is 3. The van der Waals surface area contributed by atoms with Crippen molar-refractivity contribution in [2.45, 2.75) is 57.7 Å². The fourth-order valence-corrected chi connectivity index (χ4v) is 5.09. The van der Waals surface area contributed by atoms with E-state index in [2.05, 4.69) is 26.1 Å². The van der Waals surface area contributed by atoms with Crippen LogP contribution < -0.4 is 5.32 Å². The zero-order valence-corrected chi connectivity index (χ0v) is 18.0. The number of Topliss-reactive ketones (excluding diaryl/α,β-unsaturated/α-hetero) is 1. The van der Waals surface area contributed by atoms with E-state index in [9.17, 15) is 4.79 Å². The van der Waals surface area contributed by atoms with Gasteiger partial charge in [0.15, 0.2) is 5.78 Å². The third kappa shape index (κ3) is 3.60. The molecule has 0 fully saturated rings. The normalized spacial score (nSPS) is 20.6. The van der Waals surface area contributed by atoms with Gasteiger partial charge in [0.05, 0.1) is 0 Å². The second-order valence-corrected chi connectivity index (χ2v) is 9.72. The van der Waals surface area contributed by atoms with Gasteiger partial charge in [-0.15, -0.1) is 5.10 Å². The number of benzene rings is 1. The van der Waals surface area contributed by atoms with Crippen LogP contribution in [0.3, 0.4) is 0 Å². The number of allylic oxidation sites excluding steroid dienone is 2. The van der Waals surface area contributed by atoms with Crippen molar-refractivity contribution in [3.63, 3.8) is 0 Å². The van der Waals surface area contributed by atoms with E-state index in [1.807, 2.05) is 28.9 Å². The number of halogens is 1. The molecule has 2 aromatic rings. The molecule has 2 aliphatic rings. The minimum atomic E-state index is -0.337. The van der Waals surface area contributed by atoms with E-state index in [-0.39, 0.29) is 17.2 Å². The van der Waals surface area contributed by atoms with Crippen LogP contribution in [0.15, 0.2) is 40.7 Å². The van der Waals surface area contributed by atoms with Gasteiger partial charge in [0, 0.05) is 34.0 Å². The zero-order valence-electron chi connectivity index (χ0n) is 16.5. The highest BCUT2D eigenvalue weighted by atomic mass is 35.5. The number of rotatable bonds is 5. The summed E-state index contributed by atoms with van der Waals surface area (Å²) in [6.07, 6.45) is 3.59. The number of hydrogen-bond donors (Lipinski definition) is 1. The Labute approximate surface area is 174 Å². The van der Waals surface area contributed by atoms with Gasteiger partial charge in [-0.05, 0) is 24.3 Å². The summed E-state index contributed by atoms with van der Waals surface area (Å²) in [4.78, 5) is 17.9. The number of anilines is 1. The molecule has 4 rings (SSSR count). The Kier molecular flexibility index (Phi) is 5.27. The van der Waals surface area contributed by atoms with Crippen molar-refractivity contribution in [1.82, 2.24) is 14.8 Å². The number of thioether (sulfide) groups is 1. The van der Waals surface area contributed by atoms with Crippen LogP contribution in [-0.2, 0) is 4.79 Å². The molecule has 2 heterocycles. The molecule has 0 amide bonds. The number of unbranched alkanes of at least 4 members (excludes halogenated alkanes) is 1. The molecule has 0 spiro atoms. The third-order valence-corrected chi connectivity index (χ3v) is 6.51. The first kappa shape index (κ1) is 19.5. The number of carbonyl (C=O) groups is 1. The van der Waals surface area contributed by atoms with Crippen LogP contribution >= 0.6 is 23.4 Å². The summed E-state index contributed by atoms with van der Waals surface area (Å²) in [5, 5.41) is 9.53. The van der Waals surface area contributed by atoms with E-state index in [0.717, 1.165) is 47.0 Å². The first-order valence-corrected chi connectivity index (χ1v) is 11.1. The maximum atomic E-state index is 13.2. The first-order valence-electron chi connectivity index (χ1n) is 9.76. The molecule has 148 valence electrons. The molecule has 5 nitrogen and oxygen atoms in total. The monoisotopic (exact) mass is 416 g/mol. The highest BCUT2D eigenvalue weighted by Gasteiger charge is 2.42. The van der Waals surface area contributed by atoms with Gasteiger partial charge in [-0.3, -0.25) is 4.79 Å². The Morgan fingerprint density at radius 1 is 1.32 bits per heavy atom. The molecule has 1 unspecified atom stereocenters. The van der Waals surface area contributed by atoms with E-state index < -0.39 is 0 Å². The molecule has 0 bridgehead atoms. The van der Waals surface area contributed by atoms with Crippen LogP contribution in [0.1, 0.15) is 58.1 Å². The average Bonchev–Trinajstić information content (AvgIpc) is 3.02. The molecule has 1 atom stereocenters. The maximum absolute atomic E-state index is 13.2. The number of ketones is 1. The van der Waals surface area contributed by atoms with Gasteiger partial charge in [0.1, 0.15) is 6.04 Å². The molecule has 0 radical (unpaired) electrons. The number of nitrogens with zero attached hydrogens (tertiary/aromatic N) is 3. The molecular weight excluding hydrogens is 392 g/mol. The summed E-state index contributed by atoms with van der Waals surface area (Å²) in [5.41, 5.74) is 2.54. The minimum absolute atomic E-state index is 0.0746. The number of hydrogen-bond acceptors (Lipinski definition) is 5. The molecule has 1 aliphatic heterocycles. The van der Waals surface area contributed by atoms with Crippen LogP contribution in [0, 0.1) is 5.41 Å². The van der Waals surface area contributed by atoms with Crippen LogP contribution in [-0.4, -0.2) is 26.3 Å². The summed E-state index contributed by atoms with van der Waals surface area (Å²) < 4.78 is 1.84. The Balaban J connectivity index is 1.81. The lowest BCUT2D eigenvalue weighted by Gasteiger charge is -2.38. The molecule has 7 heteroatoms. The predicted molar refractivity (Wildman–Crippen MR) is 114 cm³/mol. The highest BCUT2D eigenvalue weighted by Crippen LogP contribution is 2.46. The first-order chi connectivity index (χ1) is 13.4. The standard InChI is InChI=1S/C21H25ClN4OS/c1-4-5-10-28-20-24-19-23-15-11-21(2,3)12-16(27)17(15)18(26(19)25-20)13-8-6-7-9-14(13)22/h6-9,18H,4-5,10-12H2,1-3H3,(H,23,24,25). The smallest absolute Gasteiger partial charge is 0.227 e. The van der Waals surface area contributed by atoms with Crippen LogP contribution in [0.25, 0.3) is 0 Å². The summed E-state index contributed by atoms with van der Waals surface area (Å²) in [6.45, 7) is 6.44. The Morgan fingerprint density at radius 2 is 2.11 bits per heavy atom. The van der Waals surface area contributed by atoms with Crippen molar-refractivity contribution >= 4 is 35.1 Å². The van der Waals surface area contributed by atoms with Gasteiger partial charge >= 0.3 is 0 Å². The van der Waals surface area contributed by atoms with Crippen molar-refractivity contribution in [2.24, 2.45) is 5.41 Å². The summed E-state index contributed by atoms with van der Waals surface area (Å²) in [7, 11) is 0. The van der Waals surface area contributed by atoms with Crippen LogP contribution in [0.5, 0.6) is 0 Å². The molecule has 0 saturated heterocycles. The van der Waals surface area contributed by atoms with Gasteiger partial charge in [-0.2, -0.15) is 4.98 Å². The quantitative estimate of drug-likeness (QED) is 0.516. The minimum Gasteiger partial charge on any atom is -0.328 e. The third-order valence-electron chi connectivity index (χ3n) is 5.24. The lowest BCUT2D eigenvalue weighted by molar-refractivity contribution is -0.118. The lowest BCUT2D eigenvalue weighted by Crippen LogP contribution is -2.36. The second kappa shape index (κ2) is 7.56. The molecule has 0 saturated carbocycles. The molecule has 1 N–H and O–H groups in total. The maximum Gasteiger partial charge on any atom is 0.227 e. The number of carbonyl (C=O) groups excluding carboxylic acids is 1. The van der Waals surface area contributed by atoms with Crippen molar-refractivity contribution < 1.29 is 4.79 Å². The number of nitrogens with one attached hydrogen (secondary N) is 1. The zero-order chi connectivity index (χ0) is 19.9. The second-order valence-electron chi connectivity index (χ2n) is 8.25. The van der Waals surface area contributed by atoms with E-state index in [4.69, 9.17) is 21.7 Å². The highest BCUT2D eigenvalue weighted by molar-refractivity contribution is 7.99. The summed E-state index contributed by atoms with van der Waals surface area (Å²) >= 11 is 8.20. The topological polar surface area (TPSA) is 59.8 Å². The van der Waals surface area contributed by atoms with Crippen molar-refractivity contribution in [1.29, 1.82) is 0 Å². The van der Waals surface area contributed by atoms with Gasteiger partial charge in [0.25, 0.3) is 0 Å². The molecule has 1 aromatic carbocycles. The predicted octanol–water partition coefficient (Wildman–Crippen LogP) is 5.48. The van der Waals surface area contributed by atoms with Crippen molar-refractivity contribution in [3.8, 4) is 0 Å². The van der Waals surface area contributed by atoms with E-state index >= 15 is 0 Å². The number of fused-ring (bicyclic) bond motifs is 1. The SMILES string of the molecule is CCCCSc1nc2n(n1)C(c1ccccc1Cl)C1=C(CC(C)(C)CC1=O)N2. The molecule has 28 heavy (non-hydrogen) atoms. The summed E-state index contributed by atoms with van der Waals surface area (Å²) in [6, 6.07) is 7.36. The Hall–Kier alpha value is -1.79. The van der Waals surface area contributed by atoms with Crippen LogP contribution in [0.4, 0.5) is 5.95 Å². The van der Waals surface area contributed by atoms with Crippen molar-refractivity contribution in [2.75, 3.05) is 11.1 Å². The van der Waals surface area contributed by atoms with Crippen LogP contribution in [0.2, 0.25) is 5.02 Å².